The molecule has 0 spiro atoms. The van der Waals surface area contributed by atoms with Gasteiger partial charge in [0.1, 0.15) is 0 Å². The summed E-state index contributed by atoms with van der Waals surface area (Å²) in [7, 11) is 0. The molecule has 0 saturated carbocycles. The van der Waals surface area contributed by atoms with Gasteiger partial charge in [-0.25, -0.2) is 0 Å². The van der Waals surface area contributed by atoms with Crippen molar-refractivity contribution in [3.05, 3.63) is 46.2 Å². The molecule has 0 amide bonds. The SMILES string of the molecule is Cc1cc(C)n(Cc2ccc(Cl)c(N)c2)n1. The second-order valence-electron chi connectivity index (χ2n) is 3.94. The number of nitrogens with two attached hydrogens (primary N) is 1. The van der Waals surface area contributed by atoms with Gasteiger partial charge in [0.15, 0.2) is 0 Å². The number of halogens is 1. The van der Waals surface area contributed by atoms with Gasteiger partial charge in [-0.2, -0.15) is 5.10 Å². The molecule has 84 valence electrons. The average Bonchev–Trinajstić information content (AvgIpc) is 2.51. The Hall–Kier alpha value is -1.48. The van der Waals surface area contributed by atoms with E-state index in [1.54, 1.807) is 0 Å². The Balaban J connectivity index is 2.27. The zero-order valence-electron chi connectivity index (χ0n) is 9.37. The van der Waals surface area contributed by atoms with Gasteiger partial charge in [0.25, 0.3) is 0 Å². The van der Waals surface area contributed by atoms with Gasteiger partial charge < -0.3 is 5.73 Å². The molecule has 2 aromatic rings. The Labute approximate surface area is 99.8 Å². The summed E-state index contributed by atoms with van der Waals surface area (Å²) in [6.45, 7) is 4.75. The largest absolute Gasteiger partial charge is 0.398 e. The maximum Gasteiger partial charge on any atom is 0.0663 e. The molecule has 0 radical (unpaired) electrons. The molecule has 2 rings (SSSR count). The smallest absolute Gasteiger partial charge is 0.0663 e. The molecule has 0 aliphatic heterocycles. The summed E-state index contributed by atoms with van der Waals surface area (Å²) < 4.78 is 1.96. The Bertz CT molecular complexity index is 517. The van der Waals surface area contributed by atoms with E-state index < -0.39 is 0 Å². The number of nitrogen functional groups attached to an aromatic ring is 1. The molecule has 4 heteroatoms. The van der Waals surface area contributed by atoms with Gasteiger partial charge in [-0.05, 0) is 37.6 Å². The Morgan fingerprint density at radius 1 is 1.31 bits per heavy atom. The summed E-state index contributed by atoms with van der Waals surface area (Å²) in [5.74, 6) is 0. The van der Waals surface area contributed by atoms with Gasteiger partial charge >= 0.3 is 0 Å². The summed E-state index contributed by atoms with van der Waals surface area (Å²) in [5.41, 5.74) is 9.64. The lowest BCUT2D eigenvalue weighted by atomic mass is 10.2. The number of hydrogen-bond acceptors (Lipinski definition) is 2. The maximum absolute atomic E-state index is 5.87. The summed E-state index contributed by atoms with van der Waals surface area (Å²) in [6.07, 6.45) is 0. The number of aromatic nitrogens is 2. The zero-order chi connectivity index (χ0) is 11.7. The molecule has 2 N–H and O–H groups in total. The van der Waals surface area contributed by atoms with Crippen LogP contribution >= 0.6 is 11.6 Å². The number of nitrogens with zero attached hydrogens (tertiary/aromatic N) is 2. The van der Waals surface area contributed by atoms with Crippen LogP contribution in [0.1, 0.15) is 17.0 Å². The molecule has 3 nitrogen and oxygen atoms in total. The van der Waals surface area contributed by atoms with Crippen molar-refractivity contribution < 1.29 is 0 Å². The Kier molecular flexibility index (Phi) is 2.88. The molecule has 0 saturated heterocycles. The Morgan fingerprint density at radius 3 is 2.62 bits per heavy atom. The third kappa shape index (κ3) is 2.19. The zero-order valence-corrected chi connectivity index (χ0v) is 10.1. The highest BCUT2D eigenvalue weighted by Gasteiger charge is 2.03. The molecule has 0 aliphatic carbocycles. The summed E-state index contributed by atoms with van der Waals surface area (Å²) >= 11 is 5.87. The first-order chi connectivity index (χ1) is 7.56. The number of hydrogen-bond donors (Lipinski definition) is 1. The predicted molar refractivity (Wildman–Crippen MR) is 66.7 cm³/mol. The molecule has 0 bridgehead atoms. The van der Waals surface area contributed by atoms with Crippen molar-refractivity contribution in [1.82, 2.24) is 9.78 Å². The van der Waals surface area contributed by atoms with Crippen molar-refractivity contribution in [3.63, 3.8) is 0 Å². The summed E-state index contributed by atoms with van der Waals surface area (Å²) in [6, 6.07) is 7.73. The molecule has 0 unspecified atom stereocenters. The Morgan fingerprint density at radius 2 is 2.06 bits per heavy atom. The van der Waals surface area contributed by atoms with Crippen molar-refractivity contribution in [2.45, 2.75) is 20.4 Å². The summed E-state index contributed by atoms with van der Waals surface area (Å²) in [4.78, 5) is 0. The minimum atomic E-state index is 0.595. The summed E-state index contributed by atoms with van der Waals surface area (Å²) in [5, 5.41) is 5.00. The van der Waals surface area contributed by atoms with E-state index in [9.17, 15) is 0 Å². The van der Waals surface area contributed by atoms with E-state index in [1.807, 2.05) is 36.7 Å². The first-order valence-corrected chi connectivity index (χ1v) is 5.49. The second-order valence-corrected chi connectivity index (χ2v) is 4.35. The van der Waals surface area contributed by atoms with Crippen molar-refractivity contribution in [1.29, 1.82) is 0 Å². The van der Waals surface area contributed by atoms with Crippen LogP contribution in [0, 0.1) is 13.8 Å². The minimum Gasteiger partial charge on any atom is -0.398 e. The standard InChI is InChI=1S/C12H14ClN3/c1-8-5-9(2)16(15-8)7-10-3-4-11(13)12(14)6-10/h3-6H,7,14H2,1-2H3. The molecule has 1 aromatic carbocycles. The fourth-order valence-corrected chi connectivity index (χ4v) is 1.82. The molecular formula is C12H14ClN3. The van der Waals surface area contributed by atoms with Crippen LogP contribution in [0.5, 0.6) is 0 Å². The maximum atomic E-state index is 5.87. The van der Waals surface area contributed by atoms with Gasteiger partial charge in [-0.3, -0.25) is 4.68 Å². The van der Waals surface area contributed by atoms with E-state index in [1.165, 1.54) is 0 Å². The third-order valence-corrected chi connectivity index (χ3v) is 2.84. The van der Waals surface area contributed by atoms with E-state index in [0.29, 0.717) is 10.7 Å². The van der Waals surface area contributed by atoms with Crippen molar-refractivity contribution >= 4 is 17.3 Å². The number of rotatable bonds is 2. The molecule has 0 aliphatic rings. The van der Waals surface area contributed by atoms with E-state index >= 15 is 0 Å². The third-order valence-electron chi connectivity index (χ3n) is 2.50. The van der Waals surface area contributed by atoms with Crippen molar-refractivity contribution in [3.8, 4) is 0 Å². The second kappa shape index (κ2) is 4.18. The fourth-order valence-electron chi connectivity index (χ4n) is 1.70. The van der Waals surface area contributed by atoms with Crippen LogP contribution in [0.2, 0.25) is 5.02 Å². The van der Waals surface area contributed by atoms with E-state index in [2.05, 4.69) is 11.2 Å². The van der Waals surface area contributed by atoms with Gasteiger partial charge in [0.2, 0.25) is 0 Å². The molecular weight excluding hydrogens is 222 g/mol. The number of aryl methyl sites for hydroxylation is 2. The van der Waals surface area contributed by atoms with E-state index in [0.717, 1.165) is 23.5 Å². The first-order valence-electron chi connectivity index (χ1n) is 5.11. The molecule has 0 atom stereocenters. The highest BCUT2D eigenvalue weighted by atomic mass is 35.5. The minimum absolute atomic E-state index is 0.595. The van der Waals surface area contributed by atoms with Gasteiger partial charge in [-0.1, -0.05) is 17.7 Å². The fraction of sp³-hybridized carbons (Fsp3) is 0.250. The van der Waals surface area contributed by atoms with Crippen LogP contribution in [0.15, 0.2) is 24.3 Å². The quantitative estimate of drug-likeness (QED) is 0.814. The molecule has 16 heavy (non-hydrogen) atoms. The van der Waals surface area contributed by atoms with Gasteiger partial charge in [-0.15, -0.1) is 0 Å². The monoisotopic (exact) mass is 235 g/mol. The molecule has 1 heterocycles. The van der Waals surface area contributed by atoms with E-state index in [4.69, 9.17) is 17.3 Å². The molecule has 0 fully saturated rings. The van der Waals surface area contributed by atoms with Crippen LogP contribution in [-0.2, 0) is 6.54 Å². The van der Waals surface area contributed by atoms with Crippen molar-refractivity contribution in [2.24, 2.45) is 0 Å². The predicted octanol–water partition coefficient (Wildman–Crippen LogP) is 2.78. The number of anilines is 1. The number of benzene rings is 1. The van der Waals surface area contributed by atoms with Gasteiger partial charge in [0.05, 0.1) is 22.9 Å². The van der Waals surface area contributed by atoms with Gasteiger partial charge in [0, 0.05) is 5.69 Å². The molecule has 1 aromatic heterocycles. The van der Waals surface area contributed by atoms with Crippen LogP contribution in [0.25, 0.3) is 0 Å². The highest BCUT2D eigenvalue weighted by Crippen LogP contribution is 2.20. The van der Waals surface area contributed by atoms with Crippen LogP contribution in [-0.4, -0.2) is 9.78 Å². The highest BCUT2D eigenvalue weighted by molar-refractivity contribution is 6.33. The van der Waals surface area contributed by atoms with E-state index in [-0.39, 0.29) is 0 Å². The lowest BCUT2D eigenvalue weighted by molar-refractivity contribution is 0.659. The first kappa shape index (κ1) is 11.0. The lowest BCUT2D eigenvalue weighted by Gasteiger charge is -2.06. The van der Waals surface area contributed by atoms with Crippen LogP contribution in [0.3, 0.4) is 0 Å². The normalized spacial score (nSPS) is 10.7. The lowest BCUT2D eigenvalue weighted by Crippen LogP contribution is -2.04. The van der Waals surface area contributed by atoms with Crippen LogP contribution in [0.4, 0.5) is 5.69 Å². The van der Waals surface area contributed by atoms with Crippen molar-refractivity contribution in [2.75, 3.05) is 5.73 Å². The van der Waals surface area contributed by atoms with Crippen LogP contribution < -0.4 is 5.73 Å². The average molecular weight is 236 g/mol. The topological polar surface area (TPSA) is 43.8 Å².